The molecule has 0 unspecified atom stereocenters. The van der Waals surface area contributed by atoms with Crippen LogP contribution in [0.3, 0.4) is 0 Å². The average molecular weight is 499 g/mol. The minimum Gasteiger partial charge on any atom is -0.494 e. The molecule has 184 valence electrons. The van der Waals surface area contributed by atoms with Gasteiger partial charge in [0.2, 0.25) is 10.0 Å². The van der Waals surface area contributed by atoms with Crippen molar-refractivity contribution in [3.05, 3.63) is 84.4 Å². The zero-order valence-electron chi connectivity index (χ0n) is 19.1. The van der Waals surface area contributed by atoms with E-state index in [2.05, 4.69) is 10.0 Å². The third kappa shape index (κ3) is 8.43. The Morgan fingerprint density at radius 2 is 1.46 bits per heavy atom. The number of benzene rings is 3. The second kappa shape index (κ2) is 12.5. The molecular weight excluding hydrogens is 472 g/mol. The summed E-state index contributed by atoms with van der Waals surface area (Å²) in [6, 6.07) is 22.2. The first kappa shape index (κ1) is 25.7. The van der Waals surface area contributed by atoms with Crippen molar-refractivity contribution in [2.45, 2.75) is 18.4 Å². The molecule has 0 radical (unpaired) electrons. The van der Waals surface area contributed by atoms with Crippen LogP contribution in [-0.4, -0.2) is 40.1 Å². The number of hydrogen-bond donors (Lipinski definition) is 2. The van der Waals surface area contributed by atoms with Crippen LogP contribution < -0.4 is 19.5 Å². The van der Waals surface area contributed by atoms with Crippen molar-refractivity contribution in [2.24, 2.45) is 0 Å². The number of amides is 1. The van der Waals surface area contributed by atoms with Gasteiger partial charge in [0.25, 0.3) is 5.91 Å². The molecule has 0 atom stereocenters. The molecular formula is C25H26N2O7S. The van der Waals surface area contributed by atoms with E-state index in [0.717, 1.165) is 5.56 Å². The molecule has 0 saturated carbocycles. The molecule has 0 aliphatic carbocycles. The molecule has 10 heteroatoms. The van der Waals surface area contributed by atoms with Crippen molar-refractivity contribution in [3.8, 4) is 11.5 Å². The predicted octanol–water partition coefficient (Wildman–Crippen LogP) is 3.12. The monoisotopic (exact) mass is 498 g/mol. The summed E-state index contributed by atoms with van der Waals surface area (Å²) in [5.41, 5.74) is 1.53. The Morgan fingerprint density at radius 3 is 2.11 bits per heavy atom. The van der Waals surface area contributed by atoms with Crippen molar-refractivity contribution in [2.75, 3.05) is 25.1 Å². The van der Waals surface area contributed by atoms with Gasteiger partial charge in [-0.05, 0) is 61.0 Å². The lowest BCUT2D eigenvalue weighted by atomic mass is 10.2. The fraction of sp³-hybridized carbons (Fsp3) is 0.200. The maximum absolute atomic E-state index is 12.3. The molecule has 0 spiro atoms. The molecule has 0 aliphatic rings. The molecule has 2 N–H and O–H groups in total. The molecule has 9 nitrogen and oxygen atoms in total. The second-order valence-electron chi connectivity index (χ2n) is 7.24. The van der Waals surface area contributed by atoms with Crippen LogP contribution in [0.15, 0.2) is 83.8 Å². The fourth-order valence-electron chi connectivity index (χ4n) is 2.89. The van der Waals surface area contributed by atoms with Crippen LogP contribution in [0.5, 0.6) is 11.5 Å². The summed E-state index contributed by atoms with van der Waals surface area (Å²) in [7, 11) is -3.92. The number of carbonyl (C=O) groups is 2. The van der Waals surface area contributed by atoms with E-state index in [1.54, 1.807) is 24.3 Å². The number of hydrogen-bond acceptors (Lipinski definition) is 7. The molecule has 0 aliphatic heterocycles. The molecule has 3 aromatic rings. The molecule has 1 amide bonds. The third-order valence-electron chi connectivity index (χ3n) is 4.60. The zero-order valence-corrected chi connectivity index (χ0v) is 19.9. The molecule has 0 saturated heterocycles. The average Bonchev–Trinajstić information content (AvgIpc) is 2.87. The minimum atomic E-state index is -3.92. The van der Waals surface area contributed by atoms with Gasteiger partial charge in [0.1, 0.15) is 24.7 Å². The highest BCUT2D eigenvalue weighted by atomic mass is 32.2. The standard InChI is InChI=1S/C25H26N2O7S/c1-2-32-21-12-14-23(15-13-21)35(30,31)26-16-25(29)34-18-24(28)27-20-8-10-22(11-9-20)33-17-19-6-4-3-5-7-19/h3-15,26H,2,16-18H2,1H3,(H,27,28). The second-order valence-corrected chi connectivity index (χ2v) is 9.00. The zero-order chi connectivity index (χ0) is 25.1. The highest BCUT2D eigenvalue weighted by Crippen LogP contribution is 2.17. The molecule has 0 bridgehead atoms. The van der Waals surface area contributed by atoms with Crippen molar-refractivity contribution in [3.63, 3.8) is 0 Å². The van der Waals surface area contributed by atoms with Crippen LogP contribution in [0, 0.1) is 0 Å². The summed E-state index contributed by atoms with van der Waals surface area (Å²) in [5.74, 6) is -0.283. The Balaban J connectivity index is 1.39. The number of ether oxygens (including phenoxy) is 3. The van der Waals surface area contributed by atoms with Crippen molar-refractivity contribution >= 4 is 27.6 Å². The summed E-state index contributed by atoms with van der Waals surface area (Å²) in [5, 5.41) is 2.59. The van der Waals surface area contributed by atoms with Crippen LogP contribution in [0.1, 0.15) is 12.5 Å². The Labute approximate surface area is 204 Å². The van der Waals surface area contributed by atoms with Gasteiger partial charge in [0, 0.05) is 5.69 Å². The highest BCUT2D eigenvalue weighted by Gasteiger charge is 2.17. The summed E-state index contributed by atoms with van der Waals surface area (Å²) < 4.78 is 42.5. The first-order chi connectivity index (χ1) is 16.9. The normalized spacial score (nSPS) is 10.9. The maximum Gasteiger partial charge on any atom is 0.321 e. The van der Waals surface area contributed by atoms with Crippen LogP contribution in [0.25, 0.3) is 0 Å². The van der Waals surface area contributed by atoms with E-state index >= 15 is 0 Å². The SMILES string of the molecule is CCOc1ccc(S(=O)(=O)NCC(=O)OCC(=O)Nc2ccc(OCc3ccccc3)cc2)cc1. The Kier molecular flexibility index (Phi) is 9.22. The quantitative estimate of drug-likeness (QED) is 0.368. The van der Waals surface area contributed by atoms with E-state index in [1.165, 1.54) is 24.3 Å². The van der Waals surface area contributed by atoms with Gasteiger partial charge in [-0.1, -0.05) is 30.3 Å². The van der Waals surface area contributed by atoms with Crippen molar-refractivity contribution in [1.82, 2.24) is 4.72 Å². The summed E-state index contributed by atoms with van der Waals surface area (Å²) in [4.78, 5) is 23.9. The number of nitrogens with one attached hydrogen (secondary N) is 2. The van der Waals surface area contributed by atoms with Gasteiger partial charge < -0.3 is 19.5 Å². The lowest BCUT2D eigenvalue weighted by Crippen LogP contribution is -2.32. The molecule has 0 aromatic heterocycles. The number of esters is 1. The van der Waals surface area contributed by atoms with E-state index < -0.39 is 35.1 Å². The van der Waals surface area contributed by atoms with E-state index in [0.29, 0.717) is 30.4 Å². The van der Waals surface area contributed by atoms with Crippen LogP contribution in [0.2, 0.25) is 0 Å². The van der Waals surface area contributed by atoms with Gasteiger partial charge >= 0.3 is 5.97 Å². The number of rotatable bonds is 12. The van der Waals surface area contributed by atoms with Gasteiger partial charge in [-0.15, -0.1) is 0 Å². The largest absolute Gasteiger partial charge is 0.494 e. The topological polar surface area (TPSA) is 120 Å². The van der Waals surface area contributed by atoms with Crippen LogP contribution in [-0.2, 0) is 31.0 Å². The van der Waals surface area contributed by atoms with E-state index in [9.17, 15) is 18.0 Å². The van der Waals surface area contributed by atoms with Crippen LogP contribution >= 0.6 is 0 Å². The van der Waals surface area contributed by atoms with Gasteiger partial charge in [-0.2, -0.15) is 4.72 Å². The summed E-state index contributed by atoms with van der Waals surface area (Å²) in [6.45, 7) is 1.52. The lowest BCUT2D eigenvalue weighted by Gasteiger charge is -2.10. The Hall–Kier alpha value is -3.89. The van der Waals surface area contributed by atoms with Gasteiger partial charge in [0.05, 0.1) is 11.5 Å². The molecule has 3 rings (SSSR count). The fourth-order valence-corrected chi connectivity index (χ4v) is 3.86. The molecule has 0 heterocycles. The highest BCUT2D eigenvalue weighted by molar-refractivity contribution is 7.89. The minimum absolute atomic E-state index is 0.0253. The Morgan fingerprint density at radius 1 is 0.829 bits per heavy atom. The van der Waals surface area contributed by atoms with Gasteiger partial charge in [-0.25, -0.2) is 8.42 Å². The van der Waals surface area contributed by atoms with Crippen LogP contribution in [0.4, 0.5) is 5.69 Å². The summed E-state index contributed by atoms with van der Waals surface area (Å²) >= 11 is 0. The molecule has 0 fully saturated rings. The predicted molar refractivity (Wildman–Crippen MR) is 130 cm³/mol. The third-order valence-corrected chi connectivity index (χ3v) is 6.02. The first-order valence-corrected chi connectivity index (χ1v) is 12.3. The van der Waals surface area contributed by atoms with E-state index in [4.69, 9.17) is 14.2 Å². The lowest BCUT2D eigenvalue weighted by molar-refractivity contribution is -0.146. The van der Waals surface area contributed by atoms with E-state index in [-0.39, 0.29) is 4.90 Å². The number of carbonyl (C=O) groups excluding carboxylic acids is 2. The number of anilines is 1. The molecule has 3 aromatic carbocycles. The first-order valence-electron chi connectivity index (χ1n) is 10.8. The van der Waals surface area contributed by atoms with Gasteiger partial charge in [0.15, 0.2) is 6.61 Å². The Bertz CT molecular complexity index is 1210. The maximum atomic E-state index is 12.3. The summed E-state index contributed by atoms with van der Waals surface area (Å²) in [6.07, 6.45) is 0. The van der Waals surface area contributed by atoms with Crippen molar-refractivity contribution < 1.29 is 32.2 Å². The molecule has 35 heavy (non-hydrogen) atoms. The number of sulfonamides is 1. The smallest absolute Gasteiger partial charge is 0.321 e. The van der Waals surface area contributed by atoms with E-state index in [1.807, 2.05) is 37.3 Å². The van der Waals surface area contributed by atoms with Crippen molar-refractivity contribution in [1.29, 1.82) is 0 Å². The van der Waals surface area contributed by atoms with Gasteiger partial charge in [-0.3, -0.25) is 9.59 Å².